The van der Waals surface area contributed by atoms with Crippen LogP contribution >= 0.6 is 0 Å². The zero-order valence-electron chi connectivity index (χ0n) is 5.59. The molecule has 0 spiro atoms. The molecule has 0 N–H and O–H groups in total. The molecule has 0 aromatic carbocycles. The Hall–Kier alpha value is -0.410. The topological polar surface area (TPSA) is 42.1 Å². The van der Waals surface area contributed by atoms with Gasteiger partial charge in [-0.15, -0.1) is 0 Å². The minimum atomic E-state index is -0.535. The SMILES string of the molecule is CC(C)CC(=O)C1OO1. The van der Waals surface area contributed by atoms with Crippen molar-refractivity contribution in [2.45, 2.75) is 26.6 Å². The van der Waals surface area contributed by atoms with E-state index in [1.54, 1.807) is 0 Å². The van der Waals surface area contributed by atoms with E-state index < -0.39 is 6.29 Å². The molecular formula is C6H10O3. The molecule has 1 fully saturated rings. The Labute approximate surface area is 53.9 Å². The van der Waals surface area contributed by atoms with Crippen molar-refractivity contribution in [1.82, 2.24) is 0 Å². The third-order valence-corrected chi connectivity index (χ3v) is 1.06. The summed E-state index contributed by atoms with van der Waals surface area (Å²) in [4.78, 5) is 19.4. The average Bonchev–Trinajstić information content (AvgIpc) is 2.40. The van der Waals surface area contributed by atoms with Crippen molar-refractivity contribution in [2.24, 2.45) is 5.92 Å². The van der Waals surface area contributed by atoms with E-state index in [1.807, 2.05) is 13.8 Å². The van der Waals surface area contributed by atoms with Gasteiger partial charge in [-0.1, -0.05) is 13.8 Å². The van der Waals surface area contributed by atoms with Gasteiger partial charge >= 0.3 is 0 Å². The summed E-state index contributed by atoms with van der Waals surface area (Å²) in [6, 6.07) is 0. The molecule has 1 saturated heterocycles. The van der Waals surface area contributed by atoms with Crippen LogP contribution in [0.25, 0.3) is 0 Å². The fourth-order valence-corrected chi connectivity index (χ4v) is 0.634. The van der Waals surface area contributed by atoms with Crippen LogP contribution in [0.1, 0.15) is 20.3 Å². The van der Waals surface area contributed by atoms with Crippen LogP contribution in [0.5, 0.6) is 0 Å². The van der Waals surface area contributed by atoms with Crippen molar-refractivity contribution in [3.8, 4) is 0 Å². The fourth-order valence-electron chi connectivity index (χ4n) is 0.634. The van der Waals surface area contributed by atoms with Gasteiger partial charge in [0.15, 0.2) is 5.78 Å². The highest BCUT2D eigenvalue weighted by Gasteiger charge is 2.34. The van der Waals surface area contributed by atoms with Crippen LogP contribution < -0.4 is 0 Å². The molecular weight excluding hydrogens is 120 g/mol. The van der Waals surface area contributed by atoms with E-state index in [4.69, 9.17) is 0 Å². The lowest BCUT2D eigenvalue weighted by Crippen LogP contribution is -2.08. The first-order valence-electron chi connectivity index (χ1n) is 3.05. The number of carbonyl (C=O) groups excluding carboxylic acids is 1. The van der Waals surface area contributed by atoms with E-state index in [-0.39, 0.29) is 5.78 Å². The molecule has 9 heavy (non-hydrogen) atoms. The van der Waals surface area contributed by atoms with Crippen LogP contribution in [-0.2, 0) is 14.6 Å². The molecule has 0 bridgehead atoms. The van der Waals surface area contributed by atoms with Gasteiger partial charge in [-0.3, -0.25) is 4.79 Å². The van der Waals surface area contributed by atoms with Gasteiger partial charge in [-0.2, -0.15) is 9.78 Å². The maximum atomic E-state index is 10.8. The number of hydrogen-bond acceptors (Lipinski definition) is 3. The predicted molar refractivity (Wildman–Crippen MR) is 30.4 cm³/mol. The molecule has 0 aromatic heterocycles. The highest BCUT2D eigenvalue weighted by atomic mass is 17.4. The number of rotatable bonds is 3. The van der Waals surface area contributed by atoms with Gasteiger partial charge in [0, 0.05) is 6.42 Å². The zero-order valence-corrected chi connectivity index (χ0v) is 5.59. The number of Topliss-reactive ketones (excluding diaryl/α,β-unsaturated/α-hetero) is 1. The fraction of sp³-hybridized carbons (Fsp3) is 0.833. The van der Waals surface area contributed by atoms with Gasteiger partial charge in [0.25, 0.3) is 6.29 Å². The summed E-state index contributed by atoms with van der Waals surface area (Å²) in [6.45, 7) is 3.97. The molecule has 0 unspecified atom stereocenters. The van der Waals surface area contributed by atoms with Crippen LogP contribution in [0.3, 0.4) is 0 Å². The first-order valence-corrected chi connectivity index (χ1v) is 3.05. The molecule has 1 rings (SSSR count). The summed E-state index contributed by atoms with van der Waals surface area (Å²) in [6.07, 6.45) is 0.0115. The lowest BCUT2D eigenvalue weighted by Gasteiger charge is -1.96. The first-order chi connectivity index (χ1) is 4.20. The van der Waals surface area contributed by atoms with E-state index in [0.29, 0.717) is 12.3 Å². The smallest absolute Gasteiger partial charge is 0.281 e. The molecule has 0 aliphatic carbocycles. The molecule has 0 amide bonds. The molecule has 3 nitrogen and oxygen atoms in total. The Bertz CT molecular complexity index is 115. The quantitative estimate of drug-likeness (QED) is 0.421. The largest absolute Gasteiger partial charge is 0.294 e. The van der Waals surface area contributed by atoms with Gasteiger partial charge < -0.3 is 0 Å². The molecule has 1 aliphatic heterocycles. The average molecular weight is 130 g/mol. The Balaban J connectivity index is 2.18. The summed E-state index contributed by atoms with van der Waals surface area (Å²) < 4.78 is 0. The maximum absolute atomic E-state index is 10.8. The van der Waals surface area contributed by atoms with Crippen LogP contribution in [0.15, 0.2) is 0 Å². The van der Waals surface area contributed by atoms with Crippen molar-refractivity contribution in [3.05, 3.63) is 0 Å². The summed E-state index contributed by atoms with van der Waals surface area (Å²) >= 11 is 0. The van der Waals surface area contributed by atoms with Crippen molar-refractivity contribution in [1.29, 1.82) is 0 Å². The maximum Gasteiger partial charge on any atom is 0.281 e. The summed E-state index contributed by atoms with van der Waals surface area (Å²) in [5.74, 6) is 0.440. The molecule has 1 aliphatic rings. The van der Waals surface area contributed by atoms with E-state index in [0.717, 1.165) is 0 Å². The van der Waals surface area contributed by atoms with E-state index in [9.17, 15) is 4.79 Å². The van der Waals surface area contributed by atoms with Gasteiger partial charge in [0.2, 0.25) is 0 Å². The van der Waals surface area contributed by atoms with Crippen LogP contribution in [-0.4, -0.2) is 12.1 Å². The summed E-state index contributed by atoms with van der Waals surface area (Å²) in [5, 5.41) is 0. The number of ketones is 1. The Morgan fingerprint density at radius 1 is 1.56 bits per heavy atom. The standard InChI is InChI=1S/C6H10O3/c1-4(2)3-5(7)6-8-9-6/h4,6H,3H2,1-2H3. The summed E-state index contributed by atoms with van der Waals surface area (Å²) in [7, 11) is 0. The molecule has 3 heteroatoms. The van der Waals surface area contributed by atoms with Crippen LogP contribution in [0.4, 0.5) is 0 Å². The van der Waals surface area contributed by atoms with E-state index in [1.165, 1.54) is 0 Å². The summed E-state index contributed by atoms with van der Waals surface area (Å²) in [5.41, 5.74) is 0. The highest BCUT2D eigenvalue weighted by molar-refractivity contribution is 5.82. The van der Waals surface area contributed by atoms with E-state index >= 15 is 0 Å². The third kappa shape index (κ3) is 2.11. The zero-order chi connectivity index (χ0) is 6.85. The second-order valence-corrected chi connectivity index (χ2v) is 2.59. The number of carbonyl (C=O) groups is 1. The Morgan fingerprint density at radius 3 is 2.44 bits per heavy atom. The van der Waals surface area contributed by atoms with Crippen LogP contribution in [0.2, 0.25) is 0 Å². The number of hydrogen-bond donors (Lipinski definition) is 0. The van der Waals surface area contributed by atoms with Crippen LogP contribution in [0, 0.1) is 5.92 Å². The molecule has 0 radical (unpaired) electrons. The molecule has 0 aromatic rings. The lowest BCUT2D eigenvalue weighted by atomic mass is 10.1. The van der Waals surface area contributed by atoms with Gasteiger partial charge in [-0.05, 0) is 5.92 Å². The first kappa shape index (κ1) is 6.71. The highest BCUT2D eigenvalue weighted by Crippen LogP contribution is 2.16. The minimum absolute atomic E-state index is 0.0463. The monoisotopic (exact) mass is 130 g/mol. The second kappa shape index (κ2) is 2.45. The van der Waals surface area contributed by atoms with Crippen molar-refractivity contribution < 1.29 is 14.6 Å². The van der Waals surface area contributed by atoms with Gasteiger partial charge in [0.05, 0.1) is 0 Å². The lowest BCUT2D eigenvalue weighted by molar-refractivity contribution is -0.121. The van der Waals surface area contributed by atoms with Gasteiger partial charge in [0.1, 0.15) is 0 Å². The van der Waals surface area contributed by atoms with E-state index in [2.05, 4.69) is 9.78 Å². The van der Waals surface area contributed by atoms with Crippen molar-refractivity contribution in [2.75, 3.05) is 0 Å². The molecule has 0 atom stereocenters. The normalized spacial score (nSPS) is 18.6. The molecule has 1 heterocycles. The van der Waals surface area contributed by atoms with Crippen molar-refractivity contribution in [3.63, 3.8) is 0 Å². The molecule has 0 saturated carbocycles. The Kier molecular flexibility index (Phi) is 1.83. The Morgan fingerprint density at radius 2 is 2.11 bits per heavy atom. The van der Waals surface area contributed by atoms with Gasteiger partial charge in [-0.25, -0.2) is 0 Å². The minimum Gasteiger partial charge on any atom is -0.294 e. The predicted octanol–water partition coefficient (Wildman–Crippen LogP) is 0.889. The second-order valence-electron chi connectivity index (χ2n) is 2.59. The molecule has 52 valence electrons. The third-order valence-electron chi connectivity index (χ3n) is 1.06. The van der Waals surface area contributed by atoms with Crippen molar-refractivity contribution >= 4 is 5.78 Å².